The third-order valence-corrected chi connectivity index (χ3v) is 3.64. The molecule has 4 heteroatoms. The summed E-state index contributed by atoms with van der Waals surface area (Å²) < 4.78 is 6.71. The first kappa shape index (κ1) is 13.8. The van der Waals surface area contributed by atoms with E-state index in [0.717, 1.165) is 36.5 Å². The number of ether oxygens (including phenoxy) is 1. The van der Waals surface area contributed by atoms with Crippen molar-refractivity contribution in [3.8, 4) is 5.75 Å². The van der Waals surface area contributed by atoms with Gasteiger partial charge in [0.15, 0.2) is 0 Å². The molecule has 0 saturated carbocycles. The zero-order valence-corrected chi connectivity index (χ0v) is 12.3. The van der Waals surface area contributed by atoms with Crippen LogP contribution < -0.4 is 10.1 Å². The van der Waals surface area contributed by atoms with E-state index in [1.165, 1.54) is 25.9 Å². The van der Waals surface area contributed by atoms with Gasteiger partial charge in [-0.25, -0.2) is 0 Å². The fourth-order valence-corrected chi connectivity index (χ4v) is 2.54. The van der Waals surface area contributed by atoms with E-state index >= 15 is 0 Å². The average Bonchev–Trinajstić information content (AvgIpc) is 2.87. The van der Waals surface area contributed by atoms with Crippen molar-refractivity contribution in [2.75, 3.05) is 39.3 Å². The van der Waals surface area contributed by atoms with Crippen molar-refractivity contribution in [2.45, 2.75) is 12.8 Å². The highest BCUT2D eigenvalue weighted by atomic mass is 79.9. The molecule has 1 N–H and O–H groups in total. The first-order valence-electron chi connectivity index (χ1n) is 6.66. The van der Waals surface area contributed by atoms with Gasteiger partial charge >= 0.3 is 0 Å². The van der Waals surface area contributed by atoms with Crippen LogP contribution in [0.3, 0.4) is 0 Å². The van der Waals surface area contributed by atoms with Gasteiger partial charge in [-0.05, 0) is 44.1 Å². The van der Waals surface area contributed by atoms with Gasteiger partial charge in [0, 0.05) is 24.1 Å². The Hall–Kier alpha value is -0.580. The van der Waals surface area contributed by atoms with Crippen LogP contribution in [0.4, 0.5) is 0 Å². The third-order valence-electron chi connectivity index (χ3n) is 3.15. The van der Waals surface area contributed by atoms with Gasteiger partial charge in [-0.3, -0.25) is 0 Å². The molecule has 0 atom stereocenters. The third kappa shape index (κ3) is 4.96. The number of nitrogens with zero attached hydrogens (tertiary/aromatic N) is 1. The molecule has 1 aliphatic rings. The van der Waals surface area contributed by atoms with Crippen molar-refractivity contribution < 1.29 is 4.74 Å². The van der Waals surface area contributed by atoms with Gasteiger partial charge in [0.1, 0.15) is 12.4 Å². The molecule has 1 aliphatic heterocycles. The average molecular weight is 313 g/mol. The monoisotopic (exact) mass is 312 g/mol. The molecular formula is C14H21BrN2O. The van der Waals surface area contributed by atoms with Gasteiger partial charge in [-0.1, -0.05) is 22.0 Å². The lowest BCUT2D eigenvalue weighted by Gasteiger charge is -2.14. The Balaban J connectivity index is 1.50. The van der Waals surface area contributed by atoms with E-state index in [2.05, 4.69) is 26.1 Å². The Morgan fingerprint density at radius 1 is 1.22 bits per heavy atom. The van der Waals surface area contributed by atoms with Gasteiger partial charge in [0.25, 0.3) is 0 Å². The molecule has 0 radical (unpaired) electrons. The maximum atomic E-state index is 5.65. The predicted octanol–water partition coefficient (Wildman–Crippen LogP) is 2.51. The molecule has 1 heterocycles. The van der Waals surface area contributed by atoms with Gasteiger partial charge < -0.3 is 15.0 Å². The van der Waals surface area contributed by atoms with Crippen LogP contribution in [0.5, 0.6) is 5.75 Å². The summed E-state index contributed by atoms with van der Waals surface area (Å²) in [7, 11) is 0. The highest BCUT2D eigenvalue weighted by Crippen LogP contribution is 2.17. The number of benzene rings is 1. The Labute approximate surface area is 118 Å². The number of hydrogen-bond acceptors (Lipinski definition) is 3. The predicted molar refractivity (Wildman–Crippen MR) is 78.2 cm³/mol. The molecule has 0 aromatic heterocycles. The minimum Gasteiger partial charge on any atom is -0.492 e. The summed E-state index contributed by atoms with van der Waals surface area (Å²) in [5.41, 5.74) is 0. The summed E-state index contributed by atoms with van der Waals surface area (Å²) >= 11 is 3.43. The normalized spacial score (nSPS) is 16.1. The van der Waals surface area contributed by atoms with E-state index in [1.54, 1.807) is 0 Å². The van der Waals surface area contributed by atoms with E-state index in [0.29, 0.717) is 0 Å². The largest absolute Gasteiger partial charge is 0.492 e. The lowest BCUT2D eigenvalue weighted by molar-refractivity contribution is 0.299. The lowest BCUT2D eigenvalue weighted by Crippen LogP contribution is -2.32. The van der Waals surface area contributed by atoms with Gasteiger partial charge in [-0.2, -0.15) is 0 Å². The van der Waals surface area contributed by atoms with Crippen molar-refractivity contribution in [1.29, 1.82) is 0 Å². The summed E-state index contributed by atoms with van der Waals surface area (Å²) in [4.78, 5) is 2.52. The van der Waals surface area contributed by atoms with Crippen LogP contribution in [-0.2, 0) is 0 Å². The molecule has 1 saturated heterocycles. The van der Waals surface area contributed by atoms with Crippen molar-refractivity contribution in [3.63, 3.8) is 0 Å². The Morgan fingerprint density at radius 3 is 2.83 bits per heavy atom. The quantitative estimate of drug-likeness (QED) is 0.783. The molecule has 100 valence electrons. The second-order valence-corrected chi connectivity index (χ2v) is 5.52. The van der Waals surface area contributed by atoms with Crippen molar-refractivity contribution in [3.05, 3.63) is 28.7 Å². The molecule has 0 amide bonds. The Kier molecular flexibility index (Phi) is 5.97. The van der Waals surface area contributed by atoms with Gasteiger partial charge in [0.05, 0.1) is 0 Å². The molecule has 1 aromatic rings. The zero-order chi connectivity index (χ0) is 12.6. The van der Waals surface area contributed by atoms with Crippen molar-refractivity contribution in [2.24, 2.45) is 0 Å². The van der Waals surface area contributed by atoms with E-state index in [1.807, 2.05) is 24.3 Å². The zero-order valence-electron chi connectivity index (χ0n) is 10.7. The number of halogens is 1. The first-order valence-corrected chi connectivity index (χ1v) is 7.45. The Bertz CT molecular complexity index is 353. The van der Waals surface area contributed by atoms with Crippen LogP contribution in [0.1, 0.15) is 12.8 Å². The summed E-state index contributed by atoms with van der Waals surface area (Å²) in [5, 5.41) is 3.42. The fourth-order valence-electron chi connectivity index (χ4n) is 2.17. The molecule has 3 nitrogen and oxygen atoms in total. The van der Waals surface area contributed by atoms with Gasteiger partial charge in [0.2, 0.25) is 0 Å². The maximum absolute atomic E-state index is 5.65. The highest BCUT2D eigenvalue weighted by Gasteiger charge is 2.09. The molecule has 1 fully saturated rings. The molecule has 1 aromatic carbocycles. The van der Waals surface area contributed by atoms with Crippen LogP contribution in [0.25, 0.3) is 0 Å². The van der Waals surface area contributed by atoms with Crippen LogP contribution in [0.15, 0.2) is 28.7 Å². The van der Waals surface area contributed by atoms with E-state index in [-0.39, 0.29) is 0 Å². The molecule has 18 heavy (non-hydrogen) atoms. The van der Waals surface area contributed by atoms with E-state index < -0.39 is 0 Å². The van der Waals surface area contributed by atoms with Gasteiger partial charge in [-0.15, -0.1) is 0 Å². The van der Waals surface area contributed by atoms with Crippen molar-refractivity contribution in [1.82, 2.24) is 10.2 Å². The molecule has 0 spiro atoms. The smallest absolute Gasteiger partial charge is 0.120 e. The first-order chi connectivity index (χ1) is 8.84. The van der Waals surface area contributed by atoms with Crippen LogP contribution in [0, 0.1) is 0 Å². The second kappa shape index (κ2) is 7.77. The minimum atomic E-state index is 0.719. The van der Waals surface area contributed by atoms with E-state index in [4.69, 9.17) is 4.74 Å². The minimum absolute atomic E-state index is 0.719. The van der Waals surface area contributed by atoms with Crippen LogP contribution >= 0.6 is 15.9 Å². The number of rotatable bonds is 7. The highest BCUT2D eigenvalue weighted by molar-refractivity contribution is 9.10. The molecule has 0 aliphatic carbocycles. The lowest BCUT2D eigenvalue weighted by atomic mass is 10.3. The summed E-state index contributed by atoms with van der Waals surface area (Å²) in [6.45, 7) is 6.39. The Morgan fingerprint density at radius 2 is 2.06 bits per heavy atom. The molecule has 0 unspecified atom stereocenters. The summed E-state index contributed by atoms with van der Waals surface area (Å²) in [5.74, 6) is 0.922. The van der Waals surface area contributed by atoms with Crippen molar-refractivity contribution >= 4 is 15.9 Å². The maximum Gasteiger partial charge on any atom is 0.120 e. The summed E-state index contributed by atoms with van der Waals surface area (Å²) in [6.07, 6.45) is 2.73. The SMILES string of the molecule is Brc1cccc(OCCNCCN2CCCC2)c1. The van der Waals surface area contributed by atoms with Crippen LogP contribution in [0.2, 0.25) is 0 Å². The van der Waals surface area contributed by atoms with E-state index in [9.17, 15) is 0 Å². The molecule has 2 rings (SSSR count). The molecule has 0 bridgehead atoms. The fraction of sp³-hybridized carbons (Fsp3) is 0.571. The summed E-state index contributed by atoms with van der Waals surface area (Å²) in [6, 6.07) is 7.96. The standard InChI is InChI=1S/C14H21BrN2O/c15-13-4-3-5-14(12-13)18-11-7-16-6-10-17-8-1-2-9-17/h3-5,12,16H,1-2,6-11H2. The number of hydrogen-bond donors (Lipinski definition) is 1. The van der Waals surface area contributed by atoms with Crippen LogP contribution in [-0.4, -0.2) is 44.2 Å². The number of likely N-dealkylation sites (tertiary alicyclic amines) is 1. The number of nitrogens with one attached hydrogen (secondary N) is 1. The molecular weight excluding hydrogens is 292 g/mol. The second-order valence-electron chi connectivity index (χ2n) is 4.60. The topological polar surface area (TPSA) is 24.5 Å².